The molecule has 2 aromatic heterocycles. The van der Waals surface area contributed by atoms with Crippen LogP contribution in [-0.4, -0.2) is 59.9 Å². The Balaban J connectivity index is 0.911. The Morgan fingerprint density at radius 2 is 1.69 bits per heavy atom. The van der Waals surface area contributed by atoms with Gasteiger partial charge in [0.25, 0.3) is 5.91 Å². The number of nitrogens with one attached hydrogen (secondary N) is 1. The Morgan fingerprint density at radius 1 is 0.911 bits per heavy atom. The standard InChI is InChI=1S/C36H39N5O4/c37-22-24-10-12-31-30(19-24)27(23-41(31)36(44)26-8-4-9-26)5-1-2-14-39-15-17-40(18-16-39)29-11-13-32-28(20-29)21-33(45-32)35(43)38-34(42)25-6-3-7-25/h10-13,19-21,23,25-26H,1-9,14-18H2,(H,38,42,43). The van der Waals surface area contributed by atoms with Gasteiger partial charge < -0.3 is 9.32 Å². The van der Waals surface area contributed by atoms with Gasteiger partial charge in [-0.25, -0.2) is 0 Å². The minimum Gasteiger partial charge on any atom is -0.451 e. The van der Waals surface area contributed by atoms with Gasteiger partial charge in [-0.1, -0.05) is 12.8 Å². The Kier molecular flexibility index (Phi) is 8.16. The number of aryl methyl sites for hydroxylation is 1. The fourth-order valence-corrected chi connectivity index (χ4v) is 6.77. The van der Waals surface area contributed by atoms with E-state index in [0.717, 1.165) is 118 Å². The molecule has 1 saturated heterocycles. The van der Waals surface area contributed by atoms with E-state index in [1.54, 1.807) is 12.1 Å². The molecule has 45 heavy (non-hydrogen) atoms. The molecule has 2 aromatic carbocycles. The predicted octanol–water partition coefficient (Wildman–Crippen LogP) is 5.90. The minimum absolute atomic E-state index is 0.0522. The first-order valence-electron chi connectivity index (χ1n) is 16.4. The van der Waals surface area contributed by atoms with E-state index in [-0.39, 0.29) is 29.4 Å². The monoisotopic (exact) mass is 605 g/mol. The molecule has 4 aromatic rings. The molecule has 9 nitrogen and oxygen atoms in total. The minimum atomic E-state index is -0.474. The second kappa shape index (κ2) is 12.5. The molecule has 7 rings (SSSR count). The summed E-state index contributed by atoms with van der Waals surface area (Å²) in [5, 5.41) is 13.8. The van der Waals surface area contributed by atoms with Crippen LogP contribution in [-0.2, 0) is 11.2 Å². The van der Waals surface area contributed by atoms with Crippen LogP contribution in [0.25, 0.3) is 21.9 Å². The fraction of sp³-hybridized carbons (Fsp3) is 0.444. The van der Waals surface area contributed by atoms with Crippen LogP contribution in [0.2, 0.25) is 0 Å². The van der Waals surface area contributed by atoms with Crippen LogP contribution in [0.3, 0.4) is 0 Å². The zero-order valence-electron chi connectivity index (χ0n) is 25.6. The Labute approximate surface area is 262 Å². The summed E-state index contributed by atoms with van der Waals surface area (Å²) < 4.78 is 7.59. The third kappa shape index (κ3) is 5.99. The van der Waals surface area contributed by atoms with Crippen LogP contribution >= 0.6 is 0 Å². The smallest absolute Gasteiger partial charge is 0.293 e. The SMILES string of the molecule is N#Cc1ccc2c(c1)c(CCCCN1CCN(c3ccc4oc(C(=O)NC(=O)C5CCC5)cc4c3)CC1)cn2C(=O)C1CCC1. The second-order valence-corrected chi connectivity index (χ2v) is 12.9. The molecule has 0 radical (unpaired) electrons. The van der Waals surface area contributed by atoms with Gasteiger partial charge >= 0.3 is 0 Å². The van der Waals surface area contributed by atoms with Crippen molar-refractivity contribution in [3.8, 4) is 6.07 Å². The van der Waals surface area contributed by atoms with Crippen LogP contribution in [0, 0.1) is 23.2 Å². The number of anilines is 1. The molecule has 232 valence electrons. The molecule has 1 N–H and O–H groups in total. The number of piperazine rings is 1. The van der Waals surface area contributed by atoms with Crippen molar-refractivity contribution < 1.29 is 18.8 Å². The molecule has 2 saturated carbocycles. The number of furan rings is 1. The van der Waals surface area contributed by atoms with Crippen molar-refractivity contribution in [2.24, 2.45) is 11.8 Å². The largest absolute Gasteiger partial charge is 0.451 e. The number of nitriles is 1. The van der Waals surface area contributed by atoms with Crippen LogP contribution in [0.4, 0.5) is 5.69 Å². The number of carbonyl (C=O) groups excluding carboxylic acids is 3. The number of hydrogen-bond donors (Lipinski definition) is 1. The first-order valence-corrected chi connectivity index (χ1v) is 16.4. The normalized spacial score (nSPS) is 17.6. The van der Waals surface area contributed by atoms with Gasteiger partial charge in [-0.2, -0.15) is 5.26 Å². The third-order valence-corrected chi connectivity index (χ3v) is 10.1. The molecule has 9 heteroatoms. The zero-order valence-corrected chi connectivity index (χ0v) is 25.6. The highest BCUT2D eigenvalue weighted by Crippen LogP contribution is 2.32. The Bertz CT molecular complexity index is 1800. The number of nitrogens with zero attached hydrogens (tertiary/aromatic N) is 4. The lowest BCUT2D eigenvalue weighted by Gasteiger charge is -2.36. The van der Waals surface area contributed by atoms with E-state index >= 15 is 0 Å². The molecule has 3 fully saturated rings. The summed E-state index contributed by atoms with van der Waals surface area (Å²) in [7, 11) is 0. The molecule has 1 aliphatic heterocycles. The van der Waals surface area contributed by atoms with Gasteiger partial charge in [0.1, 0.15) is 5.58 Å². The average Bonchev–Trinajstić information content (AvgIpc) is 3.59. The summed E-state index contributed by atoms with van der Waals surface area (Å²) in [5.41, 5.74) is 4.44. The molecular weight excluding hydrogens is 566 g/mol. The molecule has 0 atom stereocenters. The van der Waals surface area contributed by atoms with E-state index in [1.807, 2.05) is 35.0 Å². The van der Waals surface area contributed by atoms with Crippen molar-refractivity contribution in [2.75, 3.05) is 37.6 Å². The number of aromatic nitrogens is 1. The molecular formula is C36H39N5O4. The molecule has 2 aliphatic carbocycles. The van der Waals surface area contributed by atoms with Crippen LogP contribution < -0.4 is 10.2 Å². The van der Waals surface area contributed by atoms with Gasteiger partial charge in [0.2, 0.25) is 11.8 Å². The van der Waals surface area contributed by atoms with Crippen molar-refractivity contribution in [3.05, 3.63) is 65.5 Å². The lowest BCUT2D eigenvalue weighted by Crippen LogP contribution is -2.46. The van der Waals surface area contributed by atoms with Gasteiger partial charge in [0.15, 0.2) is 5.76 Å². The van der Waals surface area contributed by atoms with E-state index in [2.05, 4.69) is 27.3 Å². The van der Waals surface area contributed by atoms with Gasteiger partial charge in [0, 0.05) is 60.7 Å². The average molecular weight is 606 g/mol. The van der Waals surface area contributed by atoms with Crippen LogP contribution in [0.1, 0.15) is 77.8 Å². The maximum absolute atomic E-state index is 13.1. The molecule has 0 spiro atoms. The number of hydrogen-bond acceptors (Lipinski definition) is 7. The van der Waals surface area contributed by atoms with Gasteiger partial charge in [0.05, 0.1) is 17.1 Å². The second-order valence-electron chi connectivity index (χ2n) is 12.9. The highest BCUT2D eigenvalue weighted by molar-refractivity contribution is 6.05. The summed E-state index contributed by atoms with van der Waals surface area (Å²) >= 11 is 0. The highest BCUT2D eigenvalue weighted by Gasteiger charge is 2.29. The lowest BCUT2D eigenvalue weighted by molar-refractivity contribution is -0.126. The third-order valence-electron chi connectivity index (χ3n) is 10.1. The van der Waals surface area contributed by atoms with E-state index in [4.69, 9.17) is 4.42 Å². The topological polar surface area (TPSA) is 112 Å². The van der Waals surface area contributed by atoms with Crippen molar-refractivity contribution in [1.29, 1.82) is 5.26 Å². The van der Waals surface area contributed by atoms with Crippen molar-refractivity contribution in [3.63, 3.8) is 0 Å². The maximum atomic E-state index is 13.1. The summed E-state index contributed by atoms with van der Waals surface area (Å²) in [6.07, 6.45) is 10.8. The lowest BCUT2D eigenvalue weighted by atomic mass is 9.85. The fourth-order valence-electron chi connectivity index (χ4n) is 6.77. The van der Waals surface area contributed by atoms with E-state index in [0.29, 0.717) is 11.1 Å². The molecule has 2 amide bonds. The zero-order chi connectivity index (χ0) is 30.9. The van der Waals surface area contributed by atoms with Gasteiger partial charge in [-0.3, -0.25) is 29.2 Å². The number of benzene rings is 2. The Morgan fingerprint density at radius 3 is 2.40 bits per heavy atom. The number of imide groups is 1. The first-order chi connectivity index (χ1) is 22.0. The highest BCUT2D eigenvalue weighted by atomic mass is 16.3. The molecule has 0 unspecified atom stereocenters. The summed E-state index contributed by atoms with van der Waals surface area (Å²) in [5.74, 6) is -0.251. The first kappa shape index (κ1) is 29.3. The summed E-state index contributed by atoms with van der Waals surface area (Å²) in [4.78, 5) is 42.7. The van der Waals surface area contributed by atoms with Crippen molar-refractivity contribution >= 4 is 45.3 Å². The van der Waals surface area contributed by atoms with Crippen LogP contribution in [0.15, 0.2) is 53.1 Å². The van der Waals surface area contributed by atoms with Crippen LogP contribution in [0.5, 0.6) is 0 Å². The van der Waals surface area contributed by atoms with E-state index in [1.165, 1.54) is 0 Å². The molecule has 3 heterocycles. The summed E-state index contributed by atoms with van der Waals surface area (Å²) in [6.45, 7) is 4.80. The number of rotatable bonds is 9. The van der Waals surface area contributed by atoms with Gasteiger partial charge in [-0.15, -0.1) is 0 Å². The number of carbonyl (C=O) groups is 3. The number of amides is 2. The number of unbranched alkanes of at least 4 members (excludes halogenated alkanes) is 1. The Hall–Kier alpha value is -4.42. The number of fused-ring (bicyclic) bond motifs is 2. The van der Waals surface area contributed by atoms with Crippen molar-refractivity contribution in [1.82, 2.24) is 14.8 Å². The van der Waals surface area contributed by atoms with E-state index in [9.17, 15) is 19.6 Å². The predicted molar refractivity (Wildman–Crippen MR) is 172 cm³/mol. The molecule has 0 bridgehead atoms. The summed E-state index contributed by atoms with van der Waals surface area (Å²) in [6, 6.07) is 15.6. The quantitative estimate of drug-likeness (QED) is 0.187. The van der Waals surface area contributed by atoms with Gasteiger partial charge in [-0.05, 0) is 99.5 Å². The van der Waals surface area contributed by atoms with E-state index < -0.39 is 5.91 Å². The maximum Gasteiger partial charge on any atom is 0.293 e. The van der Waals surface area contributed by atoms with Crippen molar-refractivity contribution in [2.45, 2.75) is 57.8 Å². The molecule has 3 aliphatic rings.